The Morgan fingerprint density at radius 3 is 3.05 bits per heavy atom. The maximum absolute atomic E-state index is 11.1. The van der Waals surface area contributed by atoms with Crippen molar-refractivity contribution in [2.45, 2.75) is 25.4 Å². The van der Waals surface area contributed by atoms with Gasteiger partial charge in [0.2, 0.25) is 5.91 Å². The van der Waals surface area contributed by atoms with Gasteiger partial charge in [-0.3, -0.25) is 9.69 Å². The number of likely N-dealkylation sites (tertiary alicyclic amines) is 1. The summed E-state index contributed by atoms with van der Waals surface area (Å²) in [5.41, 5.74) is 6.81. The van der Waals surface area contributed by atoms with E-state index in [-0.39, 0.29) is 0 Å². The van der Waals surface area contributed by atoms with Crippen LogP contribution < -0.4 is 11.1 Å². The summed E-state index contributed by atoms with van der Waals surface area (Å²) in [5.74, 6) is 0.337. The molecule has 1 aromatic rings. The summed E-state index contributed by atoms with van der Waals surface area (Å²) in [6.45, 7) is 4.18. The van der Waals surface area contributed by atoms with Gasteiger partial charge in [-0.1, -0.05) is 17.7 Å². The Balaban J connectivity index is 1.75. The van der Waals surface area contributed by atoms with Gasteiger partial charge in [0.25, 0.3) is 0 Å². The van der Waals surface area contributed by atoms with Crippen molar-refractivity contribution in [3.05, 3.63) is 34.3 Å². The van der Waals surface area contributed by atoms with Crippen LogP contribution in [0.1, 0.15) is 28.8 Å². The zero-order chi connectivity index (χ0) is 14.1. The van der Waals surface area contributed by atoms with E-state index in [0.29, 0.717) is 16.6 Å². The molecule has 20 heavy (non-hydrogen) atoms. The molecule has 0 bridgehead atoms. The van der Waals surface area contributed by atoms with E-state index >= 15 is 0 Å². The van der Waals surface area contributed by atoms with E-state index in [2.05, 4.69) is 10.2 Å². The Morgan fingerprint density at radius 2 is 2.30 bits per heavy atom. The van der Waals surface area contributed by atoms with Crippen LogP contribution in [0, 0.1) is 5.92 Å². The number of piperidine rings is 1. The molecule has 0 radical (unpaired) electrons. The van der Waals surface area contributed by atoms with Crippen molar-refractivity contribution in [2.24, 2.45) is 11.7 Å². The maximum atomic E-state index is 11.1. The predicted molar refractivity (Wildman–Crippen MR) is 79.8 cm³/mol. The van der Waals surface area contributed by atoms with Gasteiger partial charge in [0, 0.05) is 29.7 Å². The van der Waals surface area contributed by atoms with Crippen LogP contribution in [0.2, 0.25) is 5.02 Å². The number of hydrogen-bond acceptors (Lipinski definition) is 3. The third-order valence-corrected chi connectivity index (χ3v) is 4.86. The lowest BCUT2D eigenvalue weighted by Crippen LogP contribution is -2.44. The van der Waals surface area contributed by atoms with Gasteiger partial charge in [-0.15, -0.1) is 0 Å². The van der Waals surface area contributed by atoms with Gasteiger partial charge >= 0.3 is 0 Å². The van der Waals surface area contributed by atoms with E-state index in [9.17, 15) is 4.79 Å². The van der Waals surface area contributed by atoms with E-state index in [1.807, 2.05) is 6.07 Å². The fourth-order valence-electron chi connectivity index (χ4n) is 3.41. The Morgan fingerprint density at radius 1 is 1.45 bits per heavy atom. The molecular formula is C15H20ClN3O. The minimum Gasteiger partial charge on any atom is -0.366 e. The minimum atomic E-state index is -0.434. The molecule has 5 heteroatoms. The third-order valence-electron chi connectivity index (χ3n) is 4.50. The number of carbonyl (C=O) groups is 1. The summed E-state index contributed by atoms with van der Waals surface area (Å²) in [6, 6.07) is 5.98. The molecular weight excluding hydrogens is 274 g/mol. The Bertz CT molecular complexity index is 520. The van der Waals surface area contributed by atoms with Crippen LogP contribution >= 0.6 is 11.6 Å². The highest BCUT2D eigenvalue weighted by Gasteiger charge is 2.34. The van der Waals surface area contributed by atoms with E-state index in [1.54, 1.807) is 12.1 Å². The third kappa shape index (κ3) is 2.68. The molecule has 2 atom stereocenters. The van der Waals surface area contributed by atoms with Crippen LogP contribution in [0.15, 0.2) is 18.2 Å². The quantitative estimate of drug-likeness (QED) is 0.890. The molecule has 2 aliphatic heterocycles. The first-order valence-corrected chi connectivity index (χ1v) is 7.56. The SMILES string of the molecule is NC(=O)c1ccc(CN2CCCC3CNCC32)c(Cl)c1. The monoisotopic (exact) mass is 293 g/mol. The number of hydrogen-bond donors (Lipinski definition) is 2. The van der Waals surface area contributed by atoms with Crippen molar-refractivity contribution in [1.82, 2.24) is 10.2 Å². The number of halogens is 1. The largest absolute Gasteiger partial charge is 0.366 e. The van der Waals surface area contributed by atoms with Crippen LogP contribution in [-0.4, -0.2) is 36.5 Å². The van der Waals surface area contributed by atoms with Gasteiger partial charge in [-0.05, 0) is 49.5 Å². The topological polar surface area (TPSA) is 58.4 Å². The summed E-state index contributed by atoms with van der Waals surface area (Å²) in [4.78, 5) is 13.7. The molecule has 0 saturated carbocycles. The van der Waals surface area contributed by atoms with Gasteiger partial charge in [0.05, 0.1) is 0 Å². The first-order valence-electron chi connectivity index (χ1n) is 7.18. The molecule has 4 nitrogen and oxygen atoms in total. The summed E-state index contributed by atoms with van der Waals surface area (Å²) >= 11 is 6.29. The van der Waals surface area contributed by atoms with Gasteiger partial charge in [0.1, 0.15) is 0 Å². The fourth-order valence-corrected chi connectivity index (χ4v) is 3.65. The van der Waals surface area contributed by atoms with E-state index < -0.39 is 5.91 Å². The summed E-state index contributed by atoms with van der Waals surface area (Å²) in [5, 5.41) is 4.12. The normalized spacial score (nSPS) is 26.4. The molecule has 1 amide bonds. The second kappa shape index (κ2) is 5.72. The van der Waals surface area contributed by atoms with Crippen LogP contribution in [-0.2, 0) is 6.54 Å². The number of primary amides is 1. The van der Waals surface area contributed by atoms with Crippen molar-refractivity contribution in [1.29, 1.82) is 0 Å². The minimum absolute atomic E-state index is 0.434. The highest BCUT2D eigenvalue weighted by molar-refractivity contribution is 6.31. The molecule has 0 aromatic heterocycles. The lowest BCUT2D eigenvalue weighted by molar-refractivity contribution is 0.1000. The summed E-state index contributed by atoms with van der Waals surface area (Å²) < 4.78 is 0. The average molecular weight is 294 g/mol. The van der Waals surface area contributed by atoms with Gasteiger partial charge < -0.3 is 11.1 Å². The number of amides is 1. The van der Waals surface area contributed by atoms with Crippen molar-refractivity contribution < 1.29 is 4.79 Å². The lowest BCUT2D eigenvalue weighted by atomic mass is 9.91. The van der Waals surface area contributed by atoms with Crippen LogP contribution in [0.4, 0.5) is 0 Å². The molecule has 0 spiro atoms. The molecule has 3 N–H and O–H groups in total. The van der Waals surface area contributed by atoms with Crippen LogP contribution in [0.3, 0.4) is 0 Å². The number of benzene rings is 1. The first-order chi connectivity index (χ1) is 9.65. The average Bonchev–Trinajstić information content (AvgIpc) is 2.90. The van der Waals surface area contributed by atoms with E-state index in [0.717, 1.165) is 37.7 Å². The Hall–Kier alpha value is -1.10. The van der Waals surface area contributed by atoms with Crippen molar-refractivity contribution in [3.8, 4) is 0 Å². The van der Waals surface area contributed by atoms with Crippen molar-refractivity contribution >= 4 is 17.5 Å². The zero-order valence-electron chi connectivity index (χ0n) is 11.4. The fraction of sp³-hybridized carbons (Fsp3) is 0.533. The molecule has 1 aromatic carbocycles. The number of carbonyl (C=O) groups excluding carboxylic acids is 1. The van der Waals surface area contributed by atoms with E-state index in [4.69, 9.17) is 17.3 Å². The molecule has 2 unspecified atom stereocenters. The zero-order valence-corrected chi connectivity index (χ0v) is 12.2. The number of nitrogens with zero attached hydrogens (tertiary/aromatic N) is 1. The second-order valence-corrected chi connectivity index (χ2v) is 6.18. The number of nitrogens with one attached hydrogen (secondary N) is 1. The van der Waals surface area contributed by atoms with Crippen molar-refractivity contribution in [3.63, 3.8) is 0 Å². The Kier molecular flexibility index (Phi) is 3.96. The summed E-state index contributed by atoms with van der Waals surface area (Å²) in [6.07, 6.45) is 2.57. The van der Waals surface area contributed by atoms with Gasteiger partial charge in [0.15, 0.2) is 0 Å². The predicted octanol–water partition coefficient (Wildman–Crippen LogP) is 1.62. The lowest BCUT2D eigenvalue weighted by Gasteiger charge is -2.37. The molecule has 2 heterocycles. The highest BCUT2D eigenvalue weighted by atomic mass is 35.5. The van der Waals surface area contributed by atoms with Crippen LogP contribution in [0.25, 0.3) is 0 Å². The molecule has 108 valence electrons. The van der Waals surface area contributed by atoms with Gasteiger partial charge in [-0.25, -0.2) is 0 Å². The molecule has 3 rings (SSSR count). The molecule has 2 fully saturated rings. The van der Waals surface area contributed by atoms with Crippen LogP contribution in [0.5, 0.6) is 0 Å². The number of rotatable bonds is 3. The number of nitrogens with two attached hydrogens (primary N) is 1. The number of fused-ring (bicyclic) bond motifs is 1. The molecule has 2 saturated heterocycles. The maximum Gasteiger partial charge on any atom is 0.248 e. The first kappa shape index (κ1) is 13.9. The smallest absolute Gasteiger partial charge is 0.248 e. The van der Waals surface area contributed by atoms with E-state index in [1.165, 1.54) is 12.8 Å². The highest BCUT2D eigenvalue weighted by Crippen LogP contribution is 2.29. The molecule has 0 aliphatic carbocycles. The summed E-state index contributed by atoms with van der Waals surface area (Å²) in [7, 11) is 0. The molecule has 2 aliphatic rings. The van der Waals surface area contributed by atoms with Gasteiger partial charge in [-0.2, -0.15) is 0 Å². The second-order valence-electron chi connectivity index (χ2n) is 5.77. The Labute approximate surface area is 124 Å². The van der Waals surface area contributed by atoms with Crippen molar-refractivity contribution in [2.75, 3.05) is 19.6 Å². The standard InChI is InChI=1S/C15H20ClN3O/c16-13-6-10(15(17)20)3-4-12(13)9-19-5-1-2-11-7-18-8-14(11)19/h3-4,6,11,14,18H,1-2,5,7-9H2,(H2,17,20).